The summed E-state index contributed by atoms with van der Waals surface area (Å²) in [5, 5.41) is 3.16. The van der Waals surface area contributed by atoms with Gasteiger partial charge in [0.15, 0.2) is 0 Å². The highest BCUT2D eigenvalue weighted by Crippen LogP contribution is 2.40. The zero-order valence-electron chi connectivity index (χ0n) is 23.5. The summed E-state index contributed by atoms with van der Waals surface area (Å²) in [5.74, 6) is -1.65. The number of primary amides is 1. The first-order chi connectivity index (χ1) is 20.7. The lowest BCUT2D eigenvalue weighted by Gasteiger charge is -2.42. The number of likely N-dealkylation sites (tertiary alicyclic amines) is 1. The van der Waals surface area contributed by atoms with E-state index in [0.717, 1.165) is 10.5 Å². The van der Waals surface area contributed by atoms with Gasteiger partial charge in [-0.25, -0.2) is 4.79 Å². The van der Waals surface area contributed by atoms with Gasteiger partial charge in [-0.2, -0.15) is 0 Å². The molecule has 2 fully saturated rings. The van der Waals surface area contributed by atoms with Gasteiger partial charge in [0.25, 0.3) is 5.91 Å². The molecule has 2 aliphatic rings. The van der Waals surface area contributed by atoms with Crippen LogP contribution < -0.4 is 16.0 Å². The van der Waals surface area contributed by atoms with Gasteiger partial charge in [0.1, 0.15) is 12.1 Å². The molecule has 0 radical (unpaired) electrons. The standard InChI is InChI=1S/C32H32ClN5O5/c33-24-13-11-23(26(19-24)29(34)41)12-14-28(40)36-17-15-32(16-18-36)30(42)37(31(43)38(32)25-9-5-2-6-10-25)21-27(39)35-20-22-7-3-1-4-8-22/h1-11,13,19H,12,14-18,20-21H2,(H2,34,41)(H,35,39). The normalized spacial score (nSPS) is 16.1. The van der Waals surface area contributed by atoms with Crippen LogP contribution in [-0.2, 0) is 27.3 Å². The molecule has 3 aromatic carbocycles. The molecule has 0 atom stereocenters. The molecule has 0 unspecified atom stereocenters. The van der Waals surface area contributed by atoms with E-state index in [1.54, 1.807) is 41.3 Å². The second-order valence-electron chi connectivity index (χ2n) is 10.7. The minimum atomic E-state index is -1.22. The number of carbonyl (C=O) groups is 5. The Morgan fingerprint density at radius 3 is 2.21 bits per heavy atom. The molecule has 10 nitrogen and oxygen atoms in total. The fourth-order valence-electron chi connectivity index (χ4n) is 5.77. The van der Waals surface area contributed by atoms with Crippen molar-refractivity contribution in [1.82, 2.24) is 15.1 Å². The van der Waals surface area contributed by atoms with Crippen molar-refractivity contribution >= 4 is 46.9 Å². The first-order valence-electron chi connectivity index (χ1n) is 14.1. The number of anilines is 1. The summed E-state index contributed by atoms with van der Waals surface area (Å²) in [5.41, 5.74) is 6.62. The van der Waals surface area contributed by atoms with Crippen molar-refractivity contribution in [1.29, 1.82) is 0 Å². The molecule has 0 saturated carbocycles. The molecule has 2 aliphatic heterocycles. The van der Waals surface area contributed by atoms with E-state index in [1.165, 1.54) is 11.0 Å². The summed E-state index contributed by atoms with van der Waals surface area (Å²) in [7, 11) is 0. The maximum Gasteiger partial charge on any atom is 0.332 e. The predicted molar refractivity (Wildman–Crippen MR) is 161 cm³/mol. The van der Waals surface area contributed by atoms with Crippen molar-refractivity contribution < 1.29 is 24.0 Å². The van der Waals surface area contributed by atoms with Gasteiger partial charge in [-0.05, 0) is 54.7 Å². The Hall–Kier alpha value is -4.70. The van der Waals surface area contributed by atoms with Crippen LogP contribution in [0.2, 0.25) is 5.02 Å². The molecule has 3 N–H and O–H groups in total. The fourth-order valence-corrected chi connectivity index (χ4v) is 5.94. The van der Waals surface area contributed by atoms with E-state index in [4.69, 9.17) is 17.3 Å². The number of imide groups is 1. The van der Waals surface area contributed by atoms with Gasteiger partial charge in [0.2, 0.25) is 17.7 Å². The largest absolute Gasteiger partial charge is 0.366 e. The Morgan fingerprint density at radius 2 is 1.56 bits per heavy atom. The van der Waals surface area contributed by atoms with E-state index >= 15 is 0 Å². The fraction of sp³-hybridized carbons (Fsp3) is 0.281. The quantitative estimate of drug-likeness (QED) is 0.362. The Labute approximate surface area is 254 Å². The average Bonchev–Trinajstić information content (AvgIpc) is 3.21. The summed E-state index contributed by atoms with van der Waals surface area (Å²) in [6, 6.07) is 22.5. The number of aryl methyl sites for hydroxylation is 1. The summed E-state index contributed by atoms with van der Waals surface area (Å²) in [4.78, 5) is 69.6. The summed E-state index contributed by atoms with van der Waals surface area (Å²) < 4.78 is 0. The number of nitrogens with one attached hydrogen (secondary N) is 1. The predicted octanol–water partition coefficient (Wildman–Crippen LogP) is 3.52. The van der Waals surface area contributed by atoms with Crippen LogP contribution in [0.1, 0.15) is 40.7 Å². The number of hydrogen-bond donors (Lipinski definition) is 2. The van der Waals surface area contributed by atoms with Crippen molar-refractivity contribution in [2.45, 2.75) is 37.8 Å². The third kappa shape index (κ3) is 6.24. The maximum absolute atomic E-state index is 13.9. The number of nitrogens with two attached hydrogens (primary N) is 1. The van der Waals surface area contributed by atoms with Gasteiger partial charge in [0.05, 0.1) is 0 Å². The van der Waals surface area contributed by atoms with Crippen LogP contribution in [0.15, 0.2) is 78.9 Å². The summed E-state index contributed by atoms with van der Waals surface area (Å²) in [6.45, 7) is 0.371. The highest BCUT2D eigenvalue weighted by Gasteiger charge is 2.59. The van der Waals surface area contributed by atoms with E-state index in [0.29, 0.717) is 22.7 Å². The zero-order valence-corrected chi connectivity index (χ0v) is 24.3. The molecule has 2 heterocycles. The molecule has 222 valence electrons. The number of rotatable bonds is 9. The molecular formula is C32H32ClN5O5. The SMILES string of the molecule is NC(=O)c1cc(Cl)ccc1CCC(=O)N1CCC2(CC1)C(=O)N(CC(=O)NCc1ccccc1)C(=O)N2c1ccccc1. The zero-order chi connectivity index (χ0) is 30.6. The second-order valence-corrected chi connectivity index (χ2v) is 11.1. The first-order valence-corrected chi connectivity index (χ1v) is 14.5. The smallest absolute Gasteiger partial charge is 0.332 e. The lowest BCUT2D eigenvalue weighted by Crippen LogP contribution is -2.57. The van der Waals surface area contributed by atoms with Crippen molar-refractivity contribution in [3.63, 3.8) is 0 Å². The Balaban J connectivity index is 1.28. The number of piperidine rings is 1. The highest BCUT2D eigenvalue weighted by molar-refractivity contribution is 6.31. The topological polar surface area (TPSA) is 133 Å². The second kappa shape index (κ2) is 12.7. The monoisotopic (exact) mass is 601 g/mol. The Morgan fingerprint density at radius 1 is 0.907 bits per heavy atom. The molecule has 1 spiro atoms. The lowest BCUT2D eigenvalue weighted by atomic mass is 9.85. The number of urea groups is 1. The molecule has 0 bridgehead atoms. The van der Waals surface area contributed by atoms with Crippen molar-refractivity contribution in [3.8, 4) is 0 Å². The molecular weight excluding hydrogens is 570 g/mol. The summed E-state index contributed by atoms with van der Waals surface area (Å²) >= 11 is 6.00. The van der Waals surface area contributed by atoms with E-state index in [1.807, 2.05) is 36.4 Å². The molecule has 5 rings (SSSR count). The van der Waals surface area contributed by atoms with Gasteiger partial charge in [-0.15, -0.1) is 0 Å². The number of benzene rings is 3. The van der Waals surface area contributed by atoms with Crippen LogP contribution in [-0.4, -0.2) is 64.6 Å². The van der Waals surface area contributed by atoms with E-state index in [2.05, 4.69) is 5.32 Å². The van der Waals surface area contributed by atoms with Gasteiger partial charge >= 0.3 is 6.03 Å². The third-order valence-corrected chi connectivity index (χ3v) is 8.27. The van der Waals surface area contributed by atoms with Crippen molar-refractivity contribution in [2.24, 2.45) is 5.73 Å². The van der Waals surface area contributed by atoms with Crippen molar-refractivity contribution in [3.05, 3.63) is 101 Å². The van der Waals surface area contributed by atoms with Gasteiger partial charge in [-0.1, -0.05) is 66.2 Å². The van der Waals surface area contributed by atoms with Crippen LogP contribution in [0.5, 0.6) is 0 Å². The van der Waals surface area contributed by atoms with E-state index < -0.39 is 35.8 Å². The third-order valence-electron chi connectivity index (χ3n) is 8.03. The molecule has 0 aliphatic carbocycles. The maximum atomic E-state index is 13.9. The Bertz CT molecular complexity index is 1540. The molecule has 6 amide bonds. The van der Waals surface area contributed by atoms with Crippen LogP contribution in [0.25, 0.3) is 0 Å². The molecule has 3 aromatic rings. The number of hydrogen-bond acceptors (Lipinski definition) is 5. The minimum Gasteiger partial charge on any atom is -0.366 e. The molecule has 11 heteroatoms. The Kier molecular flexibility index (Phi) is 8.77. The van der Waals surface area contributed by atoms with Crippen molar-refractivity contribution in [2.75, 3.05) is 24.5 Å². The highest BCUT2D eigenvalue weighted by atomic mass is 35.5. The van der Waals surface area contributed by atoms with Crippen LogP contribution in [0.4, 0.5) is 10.5 Å². The average molecular weight is 602 g/mol. The number of halogens is 1. The first kappa shape index (κ1) is 29.8. The number of nitrogens with zero attached hydrogens (tertiary/aromatic N) is 3. The number of para-hydroxylation sites is 1. The minimum absolute atomic E-state index is 0.137. The van der Waals surface area contributed by atoms with Crippen LogP contribution in [0, 0.1) is 0 Å². The van der Waals surface area contributed by atoms with Gasteiger partial charge < -0.3 is 16.0 Å². The van der Waals surface area contributed by atoms with Gasteiger partial charge in [0, 0.05) is 42.3 Å². The van der Waals surface area contributed by atoms with E-state index in [-0.39, 0.29) is 50.4 Å². The summed E-state index contributed by atoms with van der Waals surface area (Å²) in [6.07, 6.45) is 0.870. The van der Waals surface area contributed by atoms with Crippen LogP contribution >= 0.6 is 11.6 Å². The molecule has 0 aromatic heterocycles. The molecule has 2 saturated heterocycles. The van der Waals surface area contributed by atoms with E-state index in [9.17, 15) is 24.0 Å². The molecule has 43 heavy (non-hydrogen) atoms. The number of carbonyl (C=O) groups excluding carboxylic acids is 5. The van der Waals surface area contributed by atoms with Crippen LogP contribution in [0.3, 0.4) is 0 Å². The number of amides is 6. The van der Waals surface area contributed by atoms with Gasteiger partial charge in [-0.3, -0.25) is 29.0 Å². The lowest BCUT2D eigenvalue weighted by molar-refractivity contribution is -0.139.